The van der Waals surface area contributed by atoms with Crippen LogP contribution in [0.3, 0.4) is 0 Å². The summed E-state index contributed by atoms with van der Waals surface area (Å²) in [5.41, 5.74) is 0.345. The van der Waals surface area contributed by atoms with E-state index in [4.69, 9.17) is 4.74 Å². The molecule has 1 aromatic rings. The van der Waals surface area contributed by atoms with Gasteiger partial charge in [0.15, 0.2) is 0 Å². The molecule has 0 radical (unpaired) electrons. The Morgan fingerprint density at radius 1 is 1.28 bits per heavy atom. The Hall–Kier alpha value is -1.16. The average Bonchev–Trinajstić information content (AvgIpc) is 2.92. The Bertz CT molecular complexity index is 672. The Morgan fingerprint density at radius 2 is 1.92 bits per heavy atom. The van der Waals surface area contributed by atoms with E-state index in [2.05, 4.69) is 20.8 Å². The molecule has 1 aromatic carbocycles. The van der Waals surface area contributed by atoms with Crippen LogP contribution in [0.5, 0.6) is 0 Å². The maximum atomic E-state index is 13.1. The summed E-state index contributed by atoms with van der Waals surface area (Å²) in [6.07, 6.45) is 1.02. The monoisotopic (exact) mass is 410 g/mol. The Kier molecular flexibility index (Phi) is 4.87. The molecule has 4 nitrogen and oxygen atoms in total. The van der Waals surface area contributed by atoms with Gasteiger partial charge >= 0.3 is 155 Å². The van der Waals surface area contributed by atoms with Gasteiger partial charge in [0.05, 0.1) is 0 Å². The summed E-state index contributed by atoms with van der Waals surface area (Å²) in [5, 5.41) is 10.8. The molecule has 1 N–H and O–H groups in total. The van der Waals surface area contributed by atoms with E-state index in [1.165, 1.54) is 7.11 Å². The number of fused-ring (bicyclic) bond motifs is 2. The minimum absolute atomic E-state index is 0.0468. The number of rotatable bonds is 5. The van der Waals surface area contributed by atoms with Crippen molar-refractivity contribution in [3.05, 3.63) is 35.9 Å². The molecule has 25 heavy (non-hydrogen) atoms. The van der Waals surface area contributed by atoms with Crippen LogP contribution in [0.25, 0.3) is 0 Å². The first-order chi connectivity index (χ1) is 11.7. The number of carbonyl (C=O) groups is 2. The van der Waals surface area contributed by atoms with Crippen LogP contribution in [0.1, 0.15) is 45.3 Å². The Labute approximate surface area is 155 Å². The fraction of sp³-hybridized carbons (Fsp3) is 0.600. The molecule has 0 unspecified atom stereocenters. The molecule has 2 aliphatic carbocycles. The molecule has 0 aromatic heterocycles. The van der Waals surface area contributed by atoms with Crippen LogP contribution in [-0.4, -0.2) is 38.9 Å². The number of esters is 1. The van der Waals surface area contributed by atoms with E-state index in [0.29, 0.717) is 11.5 Å². The molecule has 2 saturated carbocycles. The molecule has 136 valence electrons. The first kappa shape index (κ1) is 18.6. The number of ketones is 1. The molecule has 0 aliphatic heterocycles. The molecule has 2 fully saturated rings. The summed E-state index contributed by atoms with van der Waals surface area (Å²) in [5.74, 6) is 0.151. The van der Waals surface area contributed by atoms with E-state index >= 15 is 0 Å². The van der Waals surface area contributed by atoms with E-state index in [1.807, 2.05) is 30.3 Å². The molecule has 5 heteroatoms. The fourth-order valence-corrected chi connectivity index (χ4v) is 8.46. The maximum absolute atomic E-state index is 13.1. The van der Waals surface area contributed by atoms with Gasteiger partial charge in [-0.2, -0.15) is 0 Å². The Balaban J connectivity index is 1.87. The quantitative estimate of drug-likeness (QED) is 0.599. The summed E-state index contributed by atoms with van der Waals surface area (Å²) in [4.78, 5) is 24.7. The SMILES string of the molecule is COC(=O)[C@@H]([Se][C@@H]1C(=O)[C@]2(C)CC[C@H]1C2(C)C)[C@H](O)c1ccccc1. The number of aliphatic hydroxyl groups is 1. The van der Waals surface area contributed by atoms with E-state index in [-0.39, 0.29) is 36.4 Å². The zero-order chi connectivity index (χ0) is 18.4. The Morgan fingerprint density at radius 3 is 2.44 bits per heavy atom. The normalized spacial score (nSPS) is 32.4. The molecular weight excluding hydrogens is 383 g/mol. The second-order valence-corrected chi connectivity index (χ2v) is 10.6. The topological polar surface area (TPSA) is 63.6 Å². The van der Waals surface area contributed by atoms with Gasteiger partial charge in [-0.3, -0.25) is 0 Å². The van der Waals surface area contributed by atoms with Crippen molar-refractivity contribution in [1.82, 2.24) is 0 Å². The first-order valence-electron chi connectivity index (χ1n) is 8.74. The number of aliphatic hydroxyl groups excluding tert-OH is 1. The molecule has 5 atom stereocenters. The number of carbonyl (C=O) groups excluding carboxylic acids is 2. The third-order valence-electron chi connectivity index (χ3n) is 6.63. The summed E-state index contributed by atoms with van der Waals surface area (Å²) in [6.45, 7) is 6.44. The van der Waals surface area contributed by atoms with Crippen LogP contribution in [-0.2, 0) is 14.3 Å². The van der Waals surface area contributed by atoms with Crippen LogP contribution >= 0.6 is 0 Å². The van der Waals surface area contributed by atoms with Crippen molar-refractivity contribution in [1.29, 1.82) is 0 Å². The van der Waals surface area contributed by atoms with Gasteiger partial charge in [0.2, 0.25) is 0 Å². The number of ether oxygens (including phenoxy) is 1. The number of methoxy groups -OCH3 is 1. The summed E-state index contributed by atoms with van der Waals surface area (Å²) >= 11 is -0.348. The molecule has 0 amide bonds. The summed E-state index contributed by atoms with van der Waals surface area (Å²) < 4.78 is 4.96. The fourth-order valence-electron chi connectivity index (χ4n) is 4.52. The van der Waals surface area contributed by atoms with Gasteiger partial charge in [-0.25, -0.2) is 0 Å². The molecule has 0 heterocycles. The van der Waals surface area contributed by atoms with Gasteiger partial charge < -0.3 is 0 Å². The van der Waals surface area contributed by atoms with Crippen molar-refractivity contribution in [3.8, 4) is 0 Å². The summed E-state index contributed by atoms with van der Waals surface area (Å²) in [7, 11) is 1.34. The van der Waals surface area contributed by atoms with E-state index in [0.717, 1.165) is 12.8 Å². The third-order valence-corrected chi connectivity index (χ3v) is 9.94. The van der Waals surface area contributed by atoms with Crippen molar-refractivity contribution >= 4 is 26.7 Å². The van der Waals surface area contributed by atoms with Crippen LogP contribution in [0.2, 0.25) is 9.63 Å². The molecular formula is C20H26O4Se. The van der Waals surface area contributed by atoms with Gasteiger partial charge in [0.1, 0.15) is 0 Å². The number of benzene rings is 1. The van der Waals surface area contributed by atoms with Crippen molar-refractivity contribution in [3.63, 3.8) is 0 Å². The van der Waals surface area contributed by atoms with E-state index in [9.17, 15) is 14.7 Å². The van der Waals surface area contributed by atoms with Crippen molar-refractivity contribution in [2.24, 2.45) is 16.7 Å². The van der Waals surface area contributed by atoms with Crippen LogP contribution in [0.15, 0.2) is 30.3 Å². The van der Waals surface area contributed by atoms with Gasteiger partial charge in [-0.15, -0.1) is 0 Å². The van der Waals surface area contributed by atoms with Crippen molar-refractivity contribution in [2.75, 3.05) is 7.11 Å². The molecule has 0 saturated heterocycles. The zero-order valence-corrected chi connectivity index (χ0v) is 16.9. The van der Waals surface area contributed by atoms with Crippen LogP contribution in [0, 0.1) is 16.7 Å². The summed E-state index contributed by atoms with van der Waals surface area (Å²) in [6, 6.07) is 9.17. The minimum atomic E-state index is -0.934. The number of hydrogen-bond acceptors (Lipinski definition) is 4. The van der Waals surface area contributed by atoms with Gasteiger partial charge in [-0.1, -0.05) is 0 Å². The van der Waals surface area contributed by atoms with Crippen molar-refractivity contribution in [2.45, 2.75) is 49.3 Å². The van der Waals surface area contributed by atoms with Crippen molar-refractivity contribution < 1.29 is 19.4 Å². The number of Topliss-reactive ketones (excluding diaryl/α,β-unsaturated/α-hetero) is 1. The molecule has 0 spiro atoms. The number of hydrogen-bond donors (Lipinski definition) is 1. The van der Waals surface area contributed by atoms with E-state index in [1.54, 1.807) is 0 Å². The standard InChI is InChI=1S/C20H26O4Se/c1-19(2)13-10-11-20(19,3)17(22)15(13)25-16(18(23)24-4)14(21)12-8-6-5-7-9-12/h5-9,13-16,21H,10-11H2,1-4H3/t13-,14-,15+,16+,20+/m1/s1. The molecule has 2 bridgehead atoms. The van der Waals surface area contributed by atoms with Gasteiger partial charge in [0, 0.05) is 0 Å². The molecule has 2 aliphatic rings. The zero-order valence-electron chi connectivity index (χ0n) is 15.2. The van der Waals surface area contributed by atoms with Crippen LogP contribution < -0.4 is 0 Å². The van der Waals surface area contributed by atoms with E-state index < -0.39 is 16.9 Å². The molecule has 3 rings (SSSR count). The second-order valence-electron chi connectivity index (χ2n) is 7.92. The van der Waals surface area contributed by atoms with Gasteiger partial charge in [-0.05, 0) is 0 Å². The first-order valence-corrected chi connectivity index (χ1v) is 10.7. The predicted octanol–water partition coefficient (Wildman–Crippen LogP) is 3.20. The predicted molar refractivity (Wildman–Crippen MR) is 96.3 cm³/mol. The van der Waals surface area contributed by atoms with Crippen LogP contribution in [0.4, 0.5) is 0 Å². The van der Waals surface area contributed by atoms with Gasteiger partial charge in [0.25, 0.3) is 0 Å². The third kappa shape index (κ3) is 2.77. The second kappa shape index (κ2) is 6.53. The average molecular weight is 409 g/mol.